The average molecular weight is 386 g/mol. The Labute approximate surface area is 159 Å². The molecular weight excluding hydrogens is 369 g/mol. The number of fused-ring (bicyclic) bond motifs is 1. The highest BCUT2D eigenvalue weighted by Crippen LogP contribution is 2.28. The first kappa shape index (κ1) is 19.3. The van der Waals surface area contributed by atoms with Crippen LogP contribution in [0.1, 0.15) is 27.9 Å². The Balaban J connectivity index is 2.04. The van der Waals surface area contributed by atoms with Gasteiger partial charge in [0.2, 0.25) is 5.91 Å². The normalized spacial score (nSPS) is 11.4. The second-order valence-electron chi connectivity index (χ2n) is 6.31. The first-order valence-electron chi connectivity index (χ1n) is 8.39. The summed E-state index contributed by atoms with van der Waals surface area (Å²) in [4.78, 5) is 15.8. The molecule has 2 heterocycles. The van der Waals surface area contributed by atoms with Gasteiger partial charge < -0.3 is 11.1 Å². The number of amides is 1. The van der Waals surface area contributed by atoms with E-state index in [4.69, 9.17) is 12.2 Å². The Morgan fingerprint density at radius 3 is 2.71 bits per heavy atom. The minimum atomic E-state index is -4.26. The molecular formula is C20H17F3N4O. The zero-order chi connectivity index (χ0) is 20.5. The molecule has 0 fully saturated rings. The van der Waals surface area contributed by atoms with Crippen molar-refractivity contribution in [3.05, 3.63) is 53.3 Å². The van der Waals surface area contributed by atoms with E-state index in [0.717, 1.165) is 5.56 Å². The van der Waals surface area contributed by atoms with Gasteiger partial charge in [-0.15, -0.1) is 6.42 Å². The standard InChI is InChI=1S/C20H17F3N4O/c1-3-13-9-16(25-7-6-20(21,22)23)19-26-10-17(27(19)11-13)14-4-5-15(18(24)28)12(2)8-14/h1,4-5,8-11,25H,6-7H2,2H3,(H2,24,28). The molecule has 0 unspecified atom stereocenters. The number of nitrogens with two attached hydrogens (primary N) is 1. The van der Waals surface area contributed by atoms with Crippen molar-refractivity contribution < 1.29 is 18.0 Å². The summed E-state index contributed by atoms with van der Waals surface area (Å²) in [5.41, 5.74) is 9.27. The minimum Gasteiger partial charge on any atom is -0.382 e. The molecule has 1 aromatic carbocycles. The maximum Gasteiger partial charge on any atom is 0.390 e. The van der Waals surface area contributed by atoms with E-state index in [2.05, 4.69) is 16.2 Å². The second kappa shape index (κ2) is 7.27. The third-order valence-electron chi connectivity index (χ3n) is 4.28. The topological polar surface area (TPSA) is 72.4 Å². The Morgan fingerprint density at radius 2 is 2.11 bits per heavy atom. The Hall–Kier alpha value is -3.47. The molecule has 0 aliphatic rings. The number of nitrogens with zero attached hydrogens (tertiary/aromatic N) is 2. The fourth-order valence-corrected chi connectivity index (χ4v) is 2.95. The lowest BCUT2D eigenvalue weighted by Crippen LogP contribution is -2.15. The highest BCUT2D eigenvalue weighted by molar-refractivity contribution is 5.95. The summed E-state index contributed by atoms with van der Waals surface area (Å²) in [5, 5.41) is 2.76. The zero-order valence-corrected chi connectivity index (χ0v) is 15.0. The molecule has 144 valence electrons. The summed E-state index contributed by atoms with van der Waals surface area (Å²) in [6.07, 6.45) is 3.56. The van der Waals surface area contributed by atoms with E-state index in [1.807, 2.05) is 0 Å². The molecule has 0 spiro atoms. The Morgan fingerprint density at radius 1 is 1.36 bits per heavy atom. The maximum atomic E-state index is 12.4. The van der Waals surface area contributed by atoms with Gasteiger partial charge in [-0.1, -0.05) is 12.0 Å². The number of benzene rings is 1. The maximum absolute atomic E-state index is 12.4. The van der Waals surface area contributed by atoms with Crippen molar-refractivity contribution in [3.63, 3.8) is 0 Å². The zero-order valence-electron chi connectivity index (χ0n) is 15.0. The largest absolute Gasteiger partial charge is 0.390 e. The highest BCUT2D eigenvalue weighted by Gasteiger charge is 2.26. The van der Waals surface area contributed by atoms with Gasteiger partial charge in [0.15, 0.2) is 5.65 Å². The molecule has 0 saturated carbocycles. The monoisotopic (exact) mass is 386 g/mol. The van der Waals surface area contributed by atoms with Crippen LogP contribution in [0.25, 0.3) is 16.9 Å². The number of nitrogens with one attached hydrogen (secondary N) is 1. The second-order valence-corrected chi connectivity index (χ2v) is 6.31. The predicted octanol–water partition coefficient (Wildman–Crippen LogP) is 3.75. The summed E-state index contributed by atoms with van der Waals surface area (Å²) in [5.74, 6) is 1.98. The molecule has 3 aromatic rings. The average Bonchev–Trinajstić information content (AvgIpc) is 3.04. The number of hydrogen-bond acceptors (Lipinski definition) is 3. The third kappa shape index (κ3) is 3.93. The Bertz CT molecular complexity index is 1090. The molecule has 0 aliphatic carbocycles. The first-order chi connectivity index (χ1) is 13.2. The molecule has 5 nitrogen and oxygen atoms in total. The summed E-state index contributed by atoms with van der Waals surface area (Å²) >= 11 is 0. The van der Waals surface area contributed by atoms with E-state index in [-0.39, 0.29) is 6.54 Å². The van der Waals surface area contributed by atoms with Gasteiger partial charge in [-0.3, -0.25) is 9.20 Å². The molecule has 0 atom stereocenters. The van der Waals surface area contributed by atoms with E-state index in [9.17, 15) is 18.0 Å². The van der Waals surface area contributed by atoms with Crippen LogP contribution in [0, 0.1) is 19.3 Å². The molecule has 8 heteroatoms. The predicted molar refractivity (Wildman–Crippen MR) is 101 cm³/mol. The molecule has 3 rings (SSSR count). The fraction of sp³-hybridized carbons (Fsp3) is 0.200. The van der Waals surface area contributed by atoms with Crippen LogP contribution >= 0.6 is 0 Å². The number of halogens is 3. The number of primary amides is 1. The molecule has 0 saturated heterocycles. The van der Waals surface area contributed by atoms with E-state index in [1.54, 1.807) is 48.0 Å². The van der Waals surface area contributed by atoms with E-state index >= 15 is 0 Å². The number of alkyl halides is 3. The highest BCUT2D eigenvalue weighted by atomic mass is 19.4. The van der Waals surface area contributed by atoms with Gasteiger partial charge in [0, 0.05) is 29.4 Å². The molecule has 2 aromatic heterocycles. The molecule has 28 heavy (non-hydrogen) atoms. The summed E-state index contributed by atoms with van der Waals surface area (Å²) in [6.45, 7) is 1.48. The molecule has 0 radical (unpaired) electrons. The SMILES string of the molecule is C#Cc1cc(NCCC(F)(F)F)c2ncc(-c3ccc(C(N)=O)c(C)c3)n2c1. The molecule has 3 N–H and O–H groups in total. The first-order valence-corrected chi connectivity index (χ1v) is 8.39. The van der Waals surface area contributed by atoms with Gasteiger partial charge in [-0.05, 0) is 30.7 Å². The van der Waals surface area contributed by atoms with Gasteiger partial charge in [0.25, 0.3) is 0 Å². The van der Waals surface area contributed by atoms with Crippen LogP contribution in [-0.4, -0.2) is 28.0 Å². The number of aromatic nitrogens is 2. The number of anilines is 1. The van der Waals surface area contributed by atoms with Gasteiger partial charge in [0.05, 0.1) is 24.0 Å². The van der Waals surface area contributed by atoms with Gasteiger partial charge in [-0.25, -0.2) is 4.98 Å². The number of hydrogen-bond donors (Lipinski definition) is 2. The van der Waals surface area contributed by atoms with Gasteiger partial charge in [-0.2, -0.15) is 13.2 Å². The number of aryl methyl sites for hydroxylation is 1. The number of carbonyl (C=O) groups is 1. The quantitative estimate of drug-likeness (QED) is 0.656. The van der Waals surface area contributed by atoms with Crippen molar-refractivity contribution in [2.24, 2.45) is 5.73 Å². The van der Waals surface area contributed by atoms with Crippen molar-refractivity contribution in [1.29, 1.82) is 0 Å². The van der Waals surface area contributed by atoms with Crippen LogP contribution in [0.3, 0.4) is 0 Å². The number of carbonyl (C=O) groups excluding carboxylic acids is 1. The Kier molecular flexibility index (Phi) is 5.01. The van der Waals surface area contributed by atoms with E-state index < -0.39 is 18.5 Å². The summed E-state index contributed by atoms with van der Waals surface area (Å²) < 4.78 is 39.0. The van der Waals surface area contributed by atoms with Crippen molar-refractivity contribution in [3.8, 4) is 23.6 Å². The minimum absolute atomic E-state index is 0.290. The van der Waals surface area contributed by atoms with Crippen molar-refractivity contribution in [1.82, 2.24) is 9.38 Å². The lowest BCUT2D eigenvalue weighted by atomic mass is 10.0. The lowest BCUT2D eigenvalue weighted by molar-refractivity contribution is -0.131. The van der Waals surface area contributed by atoms with Crippen LogP contribution in [0.5, 0.6) is 0 Å². The van der Waals surface area contributed by atoms with Gasteiger partial charge in [0.1, 0.15) is 0 Å². The van der Waals surface area contributed by atoms with Crippen molar-refractivity contribution >= 4 is 17.2 Å². The van der Waals surface area contributed by atoms with Crippen LogP contribution in [0.15, 0.2) is 36.7 Å². The summed E-state index contributed by atoms with van der Waals surface area (Å²) in [6, 6.07) is 6.74. The summed E-state index contributed by atoms with van der Waals surface area (Å²) in [7, 11) is 0. The van der Waals surface area contributed by atoms with E-state index in [1.165, 1.54) is 0 Å². The lowest BCUT2D eigenvalue weighted by Gasteiger charge is -2.12. The molecule has 0 aliphatic heterocycles. The van der Waals surface area contributed by atoms with Crippen LogP contribution in [-0.2, 0) is 0 Å². The van der Waals surface area contributed by atoms with Crippen LogP contribution in [0.4, 0.5) is 18.9 Å². The number of pyridine rings is 1. The van der Waals surface area contributed by atoms with Gasteiger partial charge >= 0.3 is 6.18 Å². The van der Waals surface area contributed by atoms with Crippen LogP contribution < -0.4 is 11.1 Å². The molecule has 0 bridgehead atoms. The van der Waals surface area contributed by atoms with Crippen LogP contribution in [0.2, 0.25) is 0 Å². The smallest absolute Gasteiger partial charge is 0.382 e. The number of rotatable bonds is 5. The number of terminal acetylenes is 1. The van der Waals surface area contributed by atoms with Crippen molar-refractivity contribution in [2.75, 3.05) is 11.9 Å². The molecule has 1 amide bonds. The third-order valence-corrected chi connectivity index (χ3v) is 4.28. The van der Waals surface area contributed by atoms with Crippen molar-refractivity contribution in [2.45, 2.75) is 19.5 Å². The fourth-order valence-electron chi connectivity index (χ4n) is 2.95. The van der Waals surface area contributed by atoms with E-state index in [0.29, 0.717) is 33.7 Å². The number of imidazole rings is 1.